The molecule has 1 aromatic heterocycles. The van der Waals surface area contributed by atoms with Gasteiger partial charge in [-0.25, -0.2) is 4.98 Å². The number of halogens is 1. The van der Waals surface area contributed by atoms with E-state index >= 15 is 0 Å². The summed E-state index contributed by atoms with van der Waals surface area (Å²) < 4.78 is 5.77. The number of hydrogen-bond acceptors (Lipinski definition) is 4. The molecule has 1 heterocycles. The third-order valence-corrected chi connectivity index (χ3v) is 3.44. The molecular formula is C18H22ClN3O. The molecule has 0 spiro atoms. The number of aromatic nitrogens is 2. The van der Waals surface area contributed by atoms with E-state index in [4.69, 9.17) is 16.3 Å². The summed E-state index contributed by atoms with van der Waals surface area (Å²) in [4.78, 5) is 8.42. The number of aryl methyl sites for hydroxylation is 1. The molecule has 23 heavy (non-hydrogen) atoms. The molecule has 0 unspecified atom stereocenters. The monoisotopic (exact) mass is 331 g/mol. The van der Waals surface area contributed by atoms with Crippen molar-refractivity contribution in [1.82, 2.24) is 9.97 Å². The van der Waals surface area contributed by atoms with E-state index in [0.29, 0.717) is 12.4 Å². The number of nitrogens with one attached hydrogen (secondary N) is 1. The van der Waals surface area contributed by atoms with Gasteiger partial charge in [0.25, 0.3) is 0 Å². The number of hydrogen-bond donors (Lipinski definition) is 1. The van der Waals surface area contributed by atoms with E-state index in [9.17, 15) is 0 Å². The fourth-order valence-electron chi connectivity index (χ4n) is 2.09. The standard InChI is InChI=1S/C18H22ClN3O/c1-4-6-7-16(23-5-2)15-12-20-18(19)22-17(15)21-14-10-8-13(3)9-11-14/h7-12H,4-6H2,1-3H3,(H,20,21,22). The Labute approximate surface area is 142 Å². The average molecular weight is 332 g/mol. The van der Waals surface area contributed by atoms with Crippen molar-refractivity contribution in [3.05, 3.63) is 52.9 Å². The van der Waals surface area contributed by atoms with Gasteiger partial charge in [0.15, 0.2) is 0 Å². The molecule has 0 aliphatic heterocycles. The first-order valence-corrected chi connectivity index (χ1v) is 8.21. The SMILES string of the molecule is CCCC=C(OCC)c1cnc(Cl)nc1Nc1ccc(C)cc1. The van der Waals surface area contributed by atoms with Crippen LogP contribution in [0, 0.1) is 6.92 Å². The van der Waals surface area contributed by atoms with Gasteiger partial charge in [0, 0.05) is 11.9 Å². The first-order chi connectivity index (χ1) is 11.1. The van der Waals surface area contributed by atoms with Crippen LogP contribution in [0.25, 0.3) is 5.76 Å². The van der Waals surface area contributed by atoms with Gasteiger partial charge in [-0.3, -0.25) is 0 Å². The molecule has 4 nitrogen and oxygen atoms in total. The maximum atomic E-state index is 5.97. The first kappa shape index (κ1) is 17.3. The van der Waals surface area contributed by atoms with Gasteiger partial charge in [-0.1, -0.05) is 31.0 Å². The largest absolute Gasteiger partial charge is 0.493 e. The number of allylic oxidation sites excluding steroid dienone is 1. The second kappa shape index (κ2) is 8.53. The lowest BCUT2D eigenvalue weighted by atomic mass is 10.2. The van der Waals surface area contributed by atoms with Crippen LogP contribution in [0.3, 0.4) is 0 Å². The van der Waals surface area contributed by atoms with Crippen molar-refractivity contribution in [2.75, 3.05) is 11.9 Å². The second-order valence-corrected chi connectivity index (χ2v) is 5.52. The Balaban J connectivity index is 2.37. The molecule has 0 radical (unpaired) electrons. The number of anilines is 2. The van der Waals surface area contributed by atoms with Crippen molar-refractivity contribution < 1.29 is 4.74 Å². The van der Waals surface area contributed by atoms with Crippen LogP contribution in [0.4, 0.5) is 11.5 Å². The van der Waals surface area contributed by atoms with E-state index in [0.717, 1.165) is 29.9 Å². The van der Waals surface area contributed by atoms with Crippen LogP contribution in [-0.4, -0.2) is 16.6 Å². The predicted octanol–water partition coefficient (Wildman–Crippen LogP) is 5.36. The van der Waals surface area contributed by atoms with E-state index in [1.54, 1.807) is 6.20 Å². The van der Waals surface area contributed by atoms with Crippen molar-refractivity contribution in [3.63, 3.8) is 0 Å². The predicted molar refractivity (Wildman–Crippen MR) is 96.0 cm³/mol. The molecule has 0 bridgehead atoms. The maximum Gasteiger partial charge on any atom is 0.224 e. The zero-order valence-corrected chi connectivity index (χ0v) is 14.5. The van der Waals surface area contributed by atoms with Gasteiger partial charge in [-0.2, -0.15) is 4.98 Å². The van der Waals surface area contributed by atoms with Crippen LogP contribution in [0.2, 0.25) is 5.28 Å². The van der Waals surface area contributed by atoms with E-state index in [1.165, 1.54) is 5.56 Å². The molecular weight excluding hydrogens is 310 g/mol. The fourth-order valence-corrected chi connectivity index (χ4v) is 2.22. The topological polar surface area (TPSA) is 47.0 Å². The summed E-state index contributed by atoms with van der Waals surface area (Å²) in [5, 5.41) is 3.50. The number of benzene rings is 1. The van der Waals surface area contributed by atoms with E-state index in [-0.39, 0.29) is 5.28 Å². The highest BCUT2D eigenvalue weighted by molar-refractivity contribution is 6.28. The summed E-state index contributed by atoms with van der Waals surface area (Å²) in [5.74, 6) is 1.42. The van der Waals surface area contributed by atoms with Crippen molar-refractivity contribution >= 4 is 28.9 Å². The molecule has 0 saturated carbocycles. The Morgan fingerprint density at radius 3 is 2.65 bits per heavy atom. The van der Waals surface area contributed by atoms with E-state index in [1.807, 2.05) is 31.2 Å². The Hall–Kier alpha value is -2.07. The Morgan fingerprint density at radius 1 is 1.26 bits per heavy atom. The summed E-state index contributed by atoms with van der Waals surface area (Å²) in [7, 11) is 0. The van der Waals surface area contributed by atoms with Gasteiger partial charge in [0.05, 0.1) is 12.2 Å². The summed E-state index contributed by atoms with van der Waals surface area (Å²) in [6.45, 7) is 6.73. The summed E-state index contributed by atoms with van der Waals surface area (Å²) in [6.07, 6.45) is 5.74. The first-order valence-electron chi connectivity index (χ1n) is 7.83. The van der Waals surface area contributed by atoms with Gasteiger partial charge in [0.2, 0.25) is 5.28 Å². The number of ether oxygens (including phenoxy) is 1. The number of rotatable bonds is 7. The fraction of sp³-hybridized carbons (Fsp3) is 0.333. The smallest absolute Gasteiger partial charge is 0.224 e. The summed E-state index contributed by atoms with van der Waals surface area (Å²) >= 11 is 5.97. The van der Waals surface area contributed by atoms with Gasteiger partial charge in [-0.15, -0.1) is 0 Å². The Morgan fingerprint density at radius 2 is 2.00 bits per heavy atom. The molecule has 0 fully saturated rings. The van der Waals surface area contributed by atoms with E-state index < -0.39 is 0 Å². The molecule has 1 aromatic carbocycles. The van der Waals surface area contributed by atoms with Crippen molar-refractivity contribution in [3.8, 4) is 0 Å². The third-order valence-electron chi connectivity index (χ3n) is 3.26. The molecule has 0 atom stereocenters. The summed E-state index contributed by atoms with van der Waals surface area (Å²) in [5.41, 5.74) is 2.96. The van der Waals surface area contributed by atoms with Crippen molar-refractivity contribution in [2.24, 2.45) is 0 Å². The molecule has 2 rings (SSSR count). The highest BCUT2D eigenvalue weighted by Crippen LogP contribution is 2.27. The molecule has 5 heteroatoms. The molecule has 122 valence electrons. The zero-order valence-electron chi connectivity index (χ0n) is 13.8. The minimum atomic E-state index is 0.203. The normalized spacial score (nSPS) is 11.4. The van der Waals surface area contributed by atoms with Gasteiger partial charge in [-0.05, 0) is 50.1 Å². The molecule has 0 saturated heterocycles. The highest BCUT2D eigenvalue weighted by Gasteiger charge is 2.12. The third kappa shape index (κ3) is 4.96. The summed E-state index contributed by atoms with van der Waals surface area (Å²) in [6, 6.07) is 8.10. The van der Waals surface area contributed by atoms with Crippen LogP contribution in [0.15, 0.2) is 36.5 Å². The van der Waals surface area contributed by atoms with Crippen molar-refractivity contribution in [1.29, 1.82) is 0 Å². The van der Waals surface area contributed by atoms with E-state index in [2.05, 4.69) is 35.2 Å². The van der Waals surface area contributed by atoms with Crippen LogP contribution in [0.5, 0.6) is 0 Å². The van der Waals surface area contributed by atoms with Gasteiger partial charge >= 0.3 is 0 Å². The highest BCUT2D eigenvalue weighted by atomic mass is 35.5. The molecule has 0 amide bonds. The Bertz CT molecular complexity index is 668. The number of nitrogens with zero attached hydrogens (tertiary/aromatic N) is 2. The molecule has 0 aliphatic rings. The van der Waals surface area contributed by atoms with Crippen molar-refractivity contribution in [2.45, 2.75) is 33.6 Å². The minimum Gasteiger partial charge on any atom is -0.493 e. The lowest BCUT2D eigenvalue weighted by molar-refractivity contribution is 0.297. The molecule has 1 N–H and O–H groups in total. The van der Waals surface area contributed by atoms with Gasteiger partial charge < -0.3 is 10.1 Å². The molecule has 2 aromatic rings. The van der Waals surface area contributed by atoms with Gasteiger partial charge in [0.1, 0.15) is 11.6 Å². The average Bonchev–Trinajstić information content (AvgIpc) is 2.54. The maximum absolute atomic E-state index is 5.97. The molecule has 0 aliphatic carbocycles. The lowest BCUT2D eigenvalue weighted by Gasteiger charge is -2.14. The van der Waals surface area contributed by atoms with Crippen LogP contribution in [-0.2, 0) is 4.74 Å². The number of unbranched alkanes of at least 4 members (excludes halogenated alkanes) is 1. The zero-order chi connectivity index (χ0) is 16.7. The second-order valence-electron chi connectivity index (χ2n) is 5.18. The van der Waals surface area contributed by atoms with Crippen LogP contribution in [0.1, 0.15) is 37.8 Å². The quantitative estimate of drug-likeness (QED) is 0.548. The van der Waals surface area contributed by atoms with Crippen LogP contribution < -0.4 is 5.32 Å². The lowest BCUT2D eigenvalue weighted by Crippen LogP contribution is -2.03. The minimum absolute atomic E-state index is 0.203. The van der Waals surface area contributed by atoms with Crippen LogP contribution >= 0.6 is 11.6 Å². The Kier molecular flexibility index (Phi) is 6.41.